The molecule has 3 unspecified atom stereocenters. The third-order valence-corrected chi connectivity index (χ3v) is 11.0. The topological polar surface area (TPSA) is 135 Å². The molecule has 0 bridgehead atoms. The first-order chi connectivity index (χ1) is 22.1. The van der Waals surface area contributed by atoms with Crippen LogP contribution in [0.5, 0.6) is 0 Å². The van der Waals surface area contributed by atoms with Crippen LogP contribution >= 0.6 is 23.1 Å². The summed E-state index contributed by atoms with van der Waals surface area (Å²) in [6.07, 6.45) is 0. The molecule has 3 amide bonds. The minimum Gasteiger partial charge on any atom is -0.372 e. The Morgan fingerprint density at radius 3 is 2.30 bits per heavy atom. The van der Waals surface area contributed by atoms with Crippen molar-refractivity contribution >= 4 is 63.6 Å². The molecule has 2 aliphatic heterocycles. The molecule has 3 atom stereocenters. The van der Waals surface area contributed by atoms with Crippen LogP contribution < -0.4 is 20.0 Å². The Labute approximate surface area is 273 Å². The second-order valence-corrected chi connectivity index (χ2v) is 13.3. The van der Waals surface area contributed by atoms with Gasteiger partial charge in [0.1, 0.15) is 11.8 Å². The summed E-state index contributed by atoms with van der Waals surface area (Å²) in [4.78, 5) is 68.9. The number of imide groups is 1. The Morgan fingerprint density at radius 1 is 0.978 bits per heavy atom. The van der Waals surface area contributed by atoms with Crippen LogP contribution in [0.25, 0.3) is 0 Å². The number of thiazole rings is 1. The molecule has 0 spiro atoms. The molecule has 46 heavy (non-hydrogen) atoms. The number of nitrogens with zero attached hydrogens (tertiary/aromatic N) is 4. The number of non-ortho nitro benzene ring substituents is 1. The number of fused-ring (bicyclic) bond motifs is 2. The number of benzene rings is 3. The molecule has 1 N–H and O–H groups in total. The highest BCUT2D eigenvalue weighted by Gasteiger charge is 2.56. The van der Waals surface area contributed by atoms with E-state index in [1.807, 2.05) is 49.4 Å². The van der Waals surface area contributed by atoms with Gasteiger partial charge in [-0.25, -0.2) is 4.90 Å². The summed E-state index contributed by atoms with van der Waals surface area (Å²) in [6, 6.07) is 20.5. The highest BCUT2D eigenvalue weighted by atomic mass is 32.2. The molecule has 1 aromatic heterocycles. The van der Waals surface area contributed by atoms with Crippen molar-refractivity contribution in [1.82, 2.24) is 4.57 Å². The summed E-state index contributed by atoms with van der Waals surface area (Å²) in [5, 5.41) is 13.7. The van der Waals surface area contributed by atoms with E-state index in [1.54, 1.807) is 6.07 Å². The zero-order valence-electron chi connectivity index (χ0n) is 25.3. The summed E-state index contributed by atoms with van der Waals surface area (Å²) in [5.74, 6) is -2.75. The van der Waals surface area contributed by atoms with Crippen LogP contribution in [0.4, 0.5) is 22.7 Å². The average molecular weight is 658 g/mol. The summed E-state index contributed by atoms with van der Waals surface area (Å²) < 4.78 is 1.38. The van der Waals surface area contributed by atoms with Gasteiger partial charge in [-0.3, -0.25) is 33.9 Å². The number of nitro benzene ring substituents is 1. The van der Waals surface area contributed by atoms with Gasteiger partial charge >= 0.3 is 4.87 Å². The Bertz CT molecular complexity index is 1900. The highest BCUT2D eigenvalue weighted by Crippen LogP contribution is 2.54. The quantitative estimate of drug-likeness (QED) is 0.144. The van der Waals surface area contributed by atoms with Crippen LogP contribution in [0.15, 0.2) is 82.6 Å². The van der Waals surface area contributed by atoms with Gasteiger partial charge < -0.3 is 10.2 Å². The number of hydrogen-bond donors (Lipinski definition) is 1. The van der Waals surface area contributed by atoms with Crippen LogP contribution in [0.1, 0.15) is 35.8 Å². The molecule has 4 aromatic rings. The van der Waals surface area contributed by atoms with E-state index in [9.17, 15) is 29.3 Å². The molecule has 13 heteroatoms. The smallest absolute Gasteiger partial charge is 0.308 e. The summed E-state index contributed by atoms with van der Waals surface area (Å²) in [5.41, 5.74) is 3.45. The van der Waals surface area contributed by atoms with Crippen LogP contribution in [0.3, 0.4) is 0 Å². The van der Waals surface area contributed by atoms with Crippen LogP contribution in [-0.4, -0.2) is 45.6 Å². The normalized spacial score (nSPS) is 18.7. The van der Waals surface area contributed by atoms with Crippen LogP contribution in [0.2, 0.25) is 0 Å². The molecule has 3 heterocycles. The zero-order chi connectivity index (χ0) is 32.7. The maximum Gasteiger partial charge on any atom is 0.308 e. The lowest BCUT2D eigenvalue weighted by atomic mass is 9.83. The molecule has 11 nitrogen and oxygen atoms in total. The van der Waals surface area contributed by atoms with Crippen LogP contribution in [-0.2, 0) is 20.9 Å². The van der Waals surface area contributed by atoms with E-state index in [4.69, 9.17) is 0 Å². The minimum atomic E-state index is -0.872. The molecule has 1 fully saturated rings. The second-order valence-electron chi connectivity index (χ2n) is 11.1. The monoisotopic (exact) mass is 657 g/mol. The van der Waals surface area contributed by atoms with Gasteiger partial charge in [-0.15, -0.1) is 0 Å². The first-order valence-electron chi connectivity index (χ1n) is 14.8. The van der Waals surface area contributed by atoms with E-state index in [1.165, 1.54) is 28.8 Å². The van der Waals surface area contributed by atoms with E-state index < -0.39 is 39.7 Å². The Hall–Kier alpha value is -4.75. The first-order valence-corrected chi connectivity index (χ1v) is 16.5. The lowest BCUT2D eigenvalue weighted by Crippen LogP contribution is -2.33. The number of amides is 3. The van der Waals surface area contributed by atoms with Gasteiger partial charge in [0.05, 0.1) is 21.6 Å². The van der Waals surface area contributed by atoms with Gasteiger partial charge in [0, 0.05) is 47.4 Å². The fourth-order valence-corrected chi connectivity index (χ4v) is 8.91. The molecule has 236 valence electrons. The van der Waals surface area contributed by atoms with E-state index in [-0.39, 0.29) is 22.8 Å². The Kier molecular flexibility index (Phi) is 8.53. The molecule has 0 radical (unpaired) electrons. The zero-order valence-corrected chi connectivity index (χ0v) is 27.0. The van der Waals surface area contributed by atoms with Crippen molar-refractivity contribution in [2.75, 3.05) is 28.2 Å². The predicted molar refractivity (Wildman–Crippen MR) is 179 cm³/mol. The molecular weight excluding hydrogens is 627 g/mol. The predicted octanol–water partition coefficient (Wildman–Crippen LogP) is 5.41. The number of aromatic nitrogens is 1. The van der Waals surface area contributed by atoms with Gasteiger partial charge in [-0.1, -0.05) is 47.4 Å². The number of thioether (sulfide) groups is 1. The van der Waals surface area contributed by atoms with E-state index >= 15 is 0 Å². The van der Waals surface area contributed by atoms with Gasteiger partial charge in [0.25, 0.3) is 5.69 Å². The first kappa shape index (κ1) is 31.2. The largest absolute Gasteiger partial charge is 0.372 e. The minimum absolute atomic E-state index is 0.157. The summed E-state index contributed by atoms with van der Waals surface area (Å²) >= 11 is 2.11. The summed E-state index contributed by atoms with van der Waals surface area (Å²) in [6.45, 7) is 7.42. The second kappa shape index (κ2) is 12.6. The van der Waals surface area contributed by atoms with Crippen molar-refractivity contribution in [3.63, 3.8) is 0 Å². The number of carbonyl (C=O) groups is 3. The summed E-state index contributed by atoms with van der Waals surface area (Å²) in [7, 11) is 0. The number of rotatable bonds is 9. The number of anilines is 3. The number of nitro groups is 1. The average Bonchev–Trinajstić information content (AvgIpc) is 3.48. The van der Waals surface area contributed by atoms with Crippen molar-refractivity contribution in [3.8, 4) is 0 Å². The number of carbonyl (C=O) groups excluding carboxylic acids is 3. The van der Waals surface area contributed by atoms with Crippen molar-refractivity contribution in [3.05, 3.63) is 109 Å². The maximum atomic E-state index is 14.1. The molecule has 6 rings (SSSR count). The van der Waals surface area contributed by atoms with Crippen molar-refractivity contribution < 1.29 is 19.3 Å². The highest BCUT2D eigenvalue weighted by molar-refractivity contribution is 8.00. The molecular formula is C33H31N5O6S2. The van der Waals surface area contributed by atoms with Gasteiger partial charge in [0.2, 0.25) is 17.7 Å². The van der Waals surface area contributed by atoms with Gasteiger partial charge in [0.15, 0.2) is 0 Å². The maximum absolute atomic E-state index is 14.1. The molecule has 0 aliphatic carbocycles. The SMILES string of the molecule is CCN(CC)c1ccc(C2c3sc(=O)n(CC(=O)Nc4cccc(C)c4)c3SC3C(=O)N(c4ccc([N+](=O)[O-])cc4)C(=O)C32)cc1. The standard InChI is InChI=1S/C33H31N5O6S2/c1-4-35(5-2)22-11-9-20(10-12-22)26-27-28(31(41)37(30(27)40)23-13-15-24(16-14-23)38(43)44)45-32-29(26)46-33(42)36(32)18-25(39)34-21-8-6-7-19(3)17-21/h6-17,26-28H,4-5,18H2,1-3H3,(H,34,39). The van der Waals surface area contributed by atoms with E-state index in [0.29, 0.717) is 15.6 Å². The molecule has 3 aromatic carbocycles. The van der Waals surface area contributed by atoms with Crippen molar-refractivity contribution in [1.29, 1.82) is 0 Å². The van der Waals surface area contributed by atoms with Crippen molar-refractivity contribution in [2.45, 2.75) is 43.5 Å². The lowest BCUT2D eigenvalue weighted by molar-refractivity contribution is -0.384. The van der Waals surface area contributed by atoms with Crippen molar-refractivity contribution in [2.24, 2.45) is 5.92 Å². The number of nitrogens with one attached hydrogen (secondary N) is 1. The van der Waals surface area contributed by atoms with E-state index in [0.717, 1.165) is 57.9 Å². The number of hydrogen-bond acceptors (Lipinski definition) is 9. The fraction of sp³-hybridized carbons (Fsp3) is 0.273. The van der Waals surface area contributed by atoms with Gasteiger partial charge in [-0.2, -0.15) is 0 Å². The lowest BCUT2D eigenvalue weighted by Gasteiger charge is -2.31. The Morgan fingerprint density at radius 2 is 1.67 bits per heavy atom. The molecule has 0 saturated carbocycles. The van der Waals surface area contributed by atoms with Crippen LogP contribution in [0, 0.1) is 23.0 Å². The molecule has 2 aliphatic rings. The van der Waals surface area contributed by atoms with E-state index in [2.05, 4.69) is 24.1 Å². The number of aryl methyl sites for hydroxylation is 1. The third kappa shape index (κ3) is 5.60. The fourth-order valence-electron chi connectivity index (χ4n) is 6.14. The van der Waals surface area contributed by atoms with Gasteiger partial charge in [-0.05, 0) is 68.3 Å². The Balaban J connectivity index is 1.41. The molecule has 1 saturated heterocycles. The third-order valence-electron chi connectivity index (χ3n) is 8.35.